The van der Waals surface area contributed by atoms with Crippen LogP contribution in [0.3, 0.4) is 0 Å². The van der Waals surface area contributed by atoms with E-state index in [1.807, 2.05) is 6.92 Å². The summed E-state index contributed by atoms with van der Waals surface area (Å²) < 4.78 is 74.2. The number of benzene rings is 1. The number of esters is 2. The number of amides is 1. The molecule has 1 aromatic rings. The van der Waals surface area contributed by atoms with Gasteiger partial charge in [-0.3, -0.25) is 28.3 Å². The van der Waals surface area contributed by atoms with Gasteiger partial charge in [0.2, 0.25) is 5.91 Å². The van der Waals surface area contributed by atoms with E-state index in [4.69, 9.17) is 14.6 Å². The van der Waals surface area contributed by atoms with Gasteiger partial charge in [-0.25, -0.2) is 0 Å². The zero-order valence-electron chi connectivity index (χ0n) is 24.2. The predicted octanol–water partition coefficient (Wildman–Crippen LogP) is 2.19. The third kappa shape index (κ3) is 13.3. The molecule has 1 amide bonds. The first-order valence-electron chi connectivity index (χ1n) is 13.0. The second kappa shape index (κ2) is 14.9. The molecule has 16 heteroatoms. The fraction of sp³-hybridized carbons (Fsp3) is 0.615. The minimum atomic E-state index is -4.44. The van der Waals surface area contributed by atoms with Gasteiger partial charge < -0.3 is 19.9 Å². The maximum absolute atomic E-state index is 13.5. The summed E-state index contributed by atoms with van der Waals surface area (Å²) in [7, 11) is -8.86. The van der Waals surface area contributed by atoms with E-state index in [2.05, 4.69) is 5.32 Å². The normalized spacial score (nSPS) is 14.0. The molecule has 0 aliphatic rings. The first-order valence-corrected chi connectivity index (χ1v) is 16.0. The number of hydrogen-bond acceptors (Lipinski definition) is 10. The zero-order valence-corrected chi connectivity index (χ0v) is 25.8. The number of carboxylic acid groups (broad SMARTS) is 1. The summed E-state index contributed by atoms with van der Waals surface area (Å²) in [6.07, 6.45) is -0.270. The lowest BCUT2D eigenvalue weighted by Crippen LogP contribution is -2.51. The Labute approximate surface area is 245 Å². The molecule has 238 valence electrons. The van der Waals surface area contributed by atoms with Crippen LogP contribution in [-0.4, -0.2) is 79.4 Å². The molecule has 0 radical (unpaired) electrons. The number of rotatable bonds is 17. The number of carbonyl (C=O) groups is 4. The smallest absolute Gasteiger partial charge is 0.317 e. The highest BCUT2D eigenvalue weighted by Gasteiger charge is 2.38. The first-order chi connectivity index (χ1) is 19.1. The van der Waals surface area contributed by atoms with Crippen molar-refractivity contribution >= 4 is 44.1 Å². The van der Waals surface area contributed by atoms with Crippen molar-refractivity contribution in [3.63, 3.8) is 0 Å². The molecule has 0 saturated carbocycles. The van der Waals surface area contributed by atoms with Gasteiger partial charge in [-0.2, -0.15) is 16.8 Å². The van der Waals surface area contributed by atoms with Crippen molar-refractivity contribution in [1.82, 2.24) is 5.32 Å². The molecule has 1 aromatic carbocycles. The van der Waals surface area contributed by atoms with E-state index < -0.39 is 73.1 Å². The van der Waals surface area contributed by atoms with Crippen molar-refractivity contribution in [2.45, 2.75) is 76.7 Å². The molecule has 0 bridgehead atoms. The van der Waals surface area contributed by atoms with E-state index in [9.17, 15) is 45.1 Å². The molecule has 0 heterocycles. The summed E-state index contributed by atoms with van der Waals surface area (Å²) in [5.41, 5.74) is -1.98. The molecule has 1 rings (SSSR count). The minimum absolute atomic E-state index is 0.0714. The van der Waals surface area contributed by atoms with Crippen LogP contribution in [0, 0.1) is 11.3 Å². The Morgan fingerprint density at radius 3 is 1.95 bits per heavy atom. The molecule has 4 N–H and O–H groups in total. The van der Waals surface area contributed by atoms with E-state index >= 15 is 0 Å². The largest absolute Gasteiger partial charge is 0.481 e. The highest BCUT2D eigenvalue weighted by molar-refractivity contribution is 7.86. The Morgan fingerprint density at radius 2 is 1.48 bits per heavy atom. The summed E-state index contributed by atoms with van der Waals surface area (Å²) in [5, 5.41) is 11.2. The lowest BCUT2D eigenvalue weighted by atomic mass is 9.76. The second-order valence-electron chi connectivity index (χ2n) is 11.2. The number of carbonyl (C=O) groups excluding carboxylic acids is 3. The van der Waals surface area contributed by atoms with E-state index in [-0.39, 0.29) is 36.9 Å². The van der Waals surface area contributed by atoms with Gasteiger partial charge in [-0.05, 0) is 70.6 Å². The minimum Gasteiger partial charge on any atom is -0.481 e. The van der Waals surface area contributed by atoms with Crippen LogP contribution in [0.15, 0.2) is 29.2 Å². The van der Waals surface area contributed by atoms with Gasteiger partial charge in [0.05, 0.1) is 21.6 Å². The van der Waals surface area contributed by atoms with Gasteiger partial charge in [0.15, 0.2) is 0 Å². The highest BCUT2D eigenvalue weighted by atomic mass is 32.2. The second-order valence-corrected chi connectivity index (χ2v) is 14.1. The van der Waals surface area contributed by atoms with Crippen LogP contribution in [0.4, 0.5) is 0 Å². The third-order valence-electron chi connectivity index (χ3n) is 6.27. The molecular formula is C26H39NO13S2. The SMILES string of the molecule is CCC(CC(CC(C)(C)C(=O)OCCOC(=O)CC(=O)O)C(=O)NC(C)(C)CS(=O)(=O)O)c1ccc(S(=O)(=O)O)cc1. The molecular weight excluding hydrogens is 598 g/mol. The van der Waals surface area contributed by atoms with Crippen LogP contribution in [0.25, 0.3) is 0 Å². The van der Waals surface area contributed by atoms with E-state index in [1.165, 1.54) is 52.0 Å². The Bertz CT molecular complexity index is 1330. The quantitative estimate of drug-likeness (QED) is 0.0832. The van der Waals surface area contributed by atoms with Crippen LogP contribution < -0.4 is 5.32 Å². The van der Waals surface area contributed by atoms with E-state index in [0.29, 0.717) is 12.0 Å². The molecule has 2 atom stereocenters. The van der Waals surface area contributed by atoms with Gasteiger partial charge in [0, 0.05) is 5.92 Å². The van der Waals surface area contributed by atoms with E-state index in [0.717, 1.165) is 0 Å². The predicted molar refractivity (Wildman–Crippen MR) is 149 cm³/mol. The van der Waals surface area contributed by atoms with Crippen LogP contribution in [-0.2, 0) is 48.9 Å². The molecule has 14 nitrogen and oxygen atoms in total. The summed E-state index contributed by atoms with van der Waals surface area (Å²) >= 11 is 0. The average molecular weight is 638 g/mol. The molecule has 2 unspecified atom stereocenters. The fourth-order valence-corrected chi connectivity index (χ4v) is 5.83. The van der Waals surface area contributed by atoms with Crippen molar-refractivity contribution in [3.8, 4) is 0 Å². The summed E-state index contributed by atoms with van der Waals surface area (Å²) in [6.45, 7) is 6.97. The number of hydrogen-bond donors (Lipinski definition) is 4. The standard InChI is InChI=1S/C26H39NO13S2/c1-6-17(18-7-9-20(10-8-18)42(36,37)38)13-19(23(31)27-26(4,5)16-41(33,34)35)15-25(2,3)24(32)40-12-11-39-22(30)14-21(28)29/h7-10,17,19H,6,11-16H2,1-5H3,(H,27,31)(H,28,29)(H,33,34,35)(H,36,37,38). The monoisotopic (exact) mass is 637 g/mol. The van der Waals surface area contributed by atoms with Crippen LogP contribution >= 0.6 is 0 Å². The van der Waals surface area contributed by atoms with Crippen molar-refractivity contribution in [1.29, 1.82) is 0 Å². The summed E-state index contributed by atoms with van der Waals surface area (Å²) in [6, 6.07) is 5.45. The summed E-state index contributed by atoms with van der Waals surface area (Å²) in [5.74, 6) is -5.69. The zero-order chi connectivity index (χ0) is 32.5. The number of ether oxygens (including phenoxy) is 2. The lowest BCUT2D eigenvalue weighted by molar-refractivity contribution is -0.161. The van der Waals surface area contributed by atoms with Gasteiger partial charge in [-0.1, -0.05) is 19.1 Å². The van der Waals surface area contributed by atoms with Crippen LogP contribution in [0.5, 0.6) is 0 Å². The van der Waals surface area contributed by atoms with Gasteiger partial charge in [0.1, 0.15) is 19.6 Å². The molecule has 0 aliphatic heterocycles. The molecule has 0 saturated heterocycles. The summed E-state index contributed by atoms with van der Waals surface area (Å²) in [4.78, 5) is 48.0. The molecule has 0 fully saturated rings. The van der Waals surface area contributed by atoms with Crippen molar-refractivity contribution < 1.29 is 59.7 Å². The van der Waals surface area contributed by atoms with Crippen LogP contribution in [0.2, 0.25) is 0 Å². The molecule has 42 heavy (non-hydrogen) atoms. The number of aliphatic carboxylic acids is 1. The van der Waals surface area contributed by atoms with Crippen molar-refractivity contribution in [3.05, 3.63) is 29.8 Å². The highest BCUT2D eigenvalue weighted by Crippen LogP contribution is 2.35. The number of carboxylic acids is 1. The van der Waals surface area contributed by atoms with E-state index in [1.54, 1.807) is 0 Å². The first kappa shape index (κ1) is 36.9. The van der Waals surface area contributed by atoms with Gasteiger partial charge >= 0.3 is 17.9 Å². The Morgan fingerprint density at radius 1 is 0.929 bits per heavy atom. The average Bonchev–Trinajstić information content (AvgIpc) is 2.81. The molecule has 0 aliphatic carbocycles. The van der Waals surface area contributed by atoms with Gasteiger partial charge in [-0.15, -0.1) is 0 Å². The molecule has 0 aromatic heterocycles. The topological polar surface area (TPSA) is 228 Å². The van der Waals surface area contributed by atoms with Crippen molar-refractivity contribution in [2.24, 2.45) is 11.3 Å². The van der Waals surface area contributed by atoms with Crippen molar-refractivity contribution in [2.75, 3.05) is 19.0 Å². The van der Waals surface area contributed by atoms with Crippen LogP contribution in [0.1, 0.15) is 71.8 Å². The van der Waals surface area contributed by atoms with Gasteiger partial charge in [0.25, 0.3) is 20.2 Å². The molecule has 0 spiro atoms. The Balaban J connectivity index is 3.17. The Kier molecular flexibility index (Phi) is 13.1. The Hall–Kier alpha value is -3.08. The maximum atomic E-state index is 13.5. The third-order valence-corrected chi connectivity index (χ3v) is 8.23. The number of nitrogens with one attached hydrogen (secondary N) is 1. The lowest BCUT2D eigenvalue weighted by Gasteiger charge is -2.33. The maximum Gasteiger partial charge on any atom is 0.317 e. The fourth-order valence-electron chi connectivity index (χ4n) is 4.36.